The van der Waals surface area contributed by atoms with Gasteiger partial charge in [0.1, 0.15) is 0 Å². The minimum Gasteiger partial charge on any atom is -0.370 e. The molecule has 0 aromatic heterocycles. The molecule has 3 aliphatic rings. The molecular weight excluding hydrogens is 196 g/mol. The van der Waals surface area contributed by atoms with Crippen molar-refractivity contribution in [1.82, 2.24) is 0 Å². The smallest absolute Gasteiger partial charge is 0.0924 e. The lowest BCUT2D eigenvalue weighted by molar-refractivity contribution is 0.0376. The molecule has 1 unspecified atom stereocenters. The van der Waals surface area contributed by atoms with Crippen LogP contribution in [0.15, 0.2) is 11.6 Å². The fourth-order valence-electron chi connectivity index (χ4n) is 4.33. The Bertz CT molecular complexity index is 326. The number of fused-ring (bicyclic) bond motifs is 1. The monoisotopic (exact) mass is 220 g/mol. The second kappa shape index (κ2) is 3.35. The third-order valence-corrected chi connectivity index (χ3v) is 5.71. The molecule has 3 rings (SSSR count). The maximum absolute atomic E-state index is 5.77. The van der Waals surface area contributed by atoms with Gasteiger partial charge in [0.15, 0.2) is 0 Å². The molecule has 90 valence electrons. The molecule has 0 aromatic carbocycles. The molecule has 1 aliphatic heterocycles. The van der Waals surface area contributed by atoms with E-state index in [4.69, 9.17) is 4.74 Å². The lowest BCUT2D eigenvalue weighted by Crippen LogP contribution is -2.46. The minimum absolute atomic E-state index is 0.208. The van der Waals surface area contributed by atoms with Crippen molar-refractivity contribution in [3.8, 4) is 0 Å². The first-order valence-electron chi connectivity index (χ1n) is 6.91. The molecule has 0 spiro atoms. The highest BCUT2D eigenvalue weighted by atomic mass is 16.6. The molecule has 0 N–H and O–H groups in total. The summed E-state index contributed by atoms with van der Waals surface area (Å²) in [6.45, 7) is 8.29. The zero-order valence-electron chi connectivity index (χ0n) is 10.9. The fourth-order valence-corrected chi connectivity index (χ4v) is 4.33. The van der Waals surface area contributed by atoms with Crippen LogP contribution in [0.4, 0.5) is 0 Å². The first kappa shape index (κ1) is 10.8. The average Bonchev–Trinajstić information content (AvgIpc) is 2.99. The second-order valence-electron chi connectivity index (χ2n) is 6.54. The summed E-state index contributed by atoms with van der Waals surface area (Å²) in [7, 11) is 0. The van der Waals surface area contributed by atoms with Crippen LogP contribution >= 0.6 is 0 Å². The van der Waals surface area contributed by atoms with Crippen molar-refractivity contribution in [2.75, 3.05) is 6.61 Å². The van der Waals surface area contributed by atoms with Gasteiger partial charge >= 0.3 is 0 Å². The molecule has 1 heteroatoms. The Morgan fingerprint density at radius 3 is 2.75 bits per heavy atom. The highest BCUT2D eigenvalue weighted by Gasteiger charge is 2.58. The van der Waals surface area contributed by atoms with Crippen molar-refractivity contribution in [3.63, 3.8) is 0 Å². The summed E-state index contributed by atoms with van der Waals surface area (Å²) in [6.07, 6.45) is 9.29. The highest BCUT2D eigenvalue weighted by Crippen LogP contribution is 2.59. The Morgan fingerprint density at radius 2 is 2.06 bits per heavy atom. The van der Waals surface area contributed by atoms with Crippen LogP contribution in [0.3, 0.4) is 0 Å². The van der Waals surface area contributed by atoms with Crippen LogP contribution in [0.1, 0.15) is 52.9 Å². The van der Waals surface area contributed by atoms with Gasteiger partial charge in [-0.1, -0.05) is 25.5 Å². The number of ether oxygens (including phenoxy) is 1. The highest BCUT2D eigenvalue weighted by molar-refractivity contribution is 5.25. The first-order chi connectivity index (χ1) is 7.57. The summed E-state index contributed by atoms with van der Waals surface area (Å²) >= 11 is 0. The first-order valence-corrected chi connectivity index (χ1v) is 6.91. The third kappa shape index (κ3) is 1.33. The van der Waals surface area contributed by atoms with E-state index in [1.165, 1.54) is 32.1 Å². The Morgan fingerprint density at radius 1 is 1.31 bits per heavy atom. The lowest BCUT2D eigenvalue weighted by atomic mass is 9.53. The zero-order valence-corrected chi connectivity index (χ0v) is 10.9. The van der Waals surface area contributed by atoms with Gasteiger partial charge in [0.25, 0.3) is 0 Å². The standard InChI is InChI=1S/C15H24O/c1-11-6-4-7-12-8-5-9-13(15(11,12)3)14(2)10-16-14/h7,11,13H,4-6,8-10H2,1-3H3/t11-,13?,14+,15+/m0/s1. The van der Waals surface area contributed by atoms with Crippen molar-refractivity contribution in [2.24, 2.45) is 17.3 Å². The van der Waals surface area contributed by atoms with E-state index < -0.39 is 0 Å². The van der Waals surface area contributed by atoms with E-state index >= 15 is 0 Å². The number of hydrogen-bond acceptors (Lipinski definition) is 1. The molecule has 1 saturated heterocycles. The molecule has 16 heavy (non-hydrogen) atoms. The molecule has 0 amide bonds. The van der Waals surface area contributed by atoms with Crippen LogP contribution in [0.5, 0.6) is 0 Å². The second-order valence-corrected chi connectivity index (χ2v) is 6.54. The molecular formula is C15H24O. The minimum atomic E-state index is 0.208. The van der Waals surface area contributed by atoms with Crippen molar-refractivity contribution >= 4 is 0 Å². The quantitative estimate of drug-likeness (QED) is 0.481. The topological polar surface area (TPSA) is 12.5 Å². The van der Waals surface area contributed by atoms with E-state index in [-0.39, 0.29) is 5.60 Å². The molecule has 1 heterocycles. The third-order valence-electron chi connectivity index (χ3n) is 5.71. The molecule has 0 aromatic rings. The summed E-state index contributed by atoms with van der Waals surface area (Å²) in [5, 5.41) is 0. The Balaban J connectivity index is 1.99. The zero-order chi connectivity index (χ0) is 11.4. The molecule has 0 radical (unpaired) electrons. The molecule has 4 atom stereocenters. The van der Waals surface area contributed by atoms with Gasteiger partial charge < -0.3 is 4.74 Å². The summed E-state index contributed by atoms with van der Waals surface area (Å²) in [5.41, 5.74) is 2.39. The largest absolute Gasteiger partial charge is 0.370 e. The van der Waals surface area contributed by atoms with Gasteiger partial charge in [0, 0.05) is 0 Å². The van der Waals surface area contributed by atoms with Gasteiger partial charge in [-0.3, -0.25) is 0 Å². The number of allylic oxidation sites excluding steroid dienone is 2. The maximum Gasteiger partial charge on any atom is 0.0924 e. The van der Waals surface area contributed by atoms with Gasteiger partial charge in [-0.05, 0) is 56.3 Å². The van der Waals surface area contributed by atoms with E-state index in [1.54, 1.807) is 5.57 Å². The van der Waals surface area contributed by atoms with Crippen LogP contribution in [-0.2, 0) is 4.74 Å². The lowest BCUT2D eigenvalue weighted by Gasteiger charge is -2.51. The van der Waals surface area contributed by atoms with Crippen LogP contribution in [0, 0.1) is 17.3 Å². The van der Waals surface area contributed by atoms with E-state index in [0.29, 0.717) is 5.41 Å². The van der Waals surface area contributed by atoms with Crippen LogP contribution in [0.2, 0.25) is 0 Å². The molecule has 2 aliphatic carbocycles. The predicted molar refractivity (Wildman–Crippen MR) is 66.3 cm³/mol. The van der Waals surface area contributed by atoms with Crippen molar-refractivity contribution < 1.29 is 4.74 Å². The van der Waals surface area contributed by atoms with Crippen molar-refractivity contribution in [2.45, 2.75) is 58.5 Å². The van der Waals surface area contributed by atoms with Crippen LogP contribution in [-0.4, -0.2) is 12.2 Å². The van der Waals surface area contributed by atoms with E-state index in [1.807, 2.05) is 0 Å². The van der Waals surface area contributed by atoms with Crippen molar-refractivity contribution in [1.29, 1.82) is 0 Å². The Kier molecular flexibility index (Phi) is 2.27. The summed E-state index contributed by atoms with van der Waals surface area (Å²) in [5.74, 6) is 1.59. The Hall–Kier alpha value is -0.300. The van der Waals surface area contributed by atoms with Gasteiger partial charge in [0.2, 0.25) is 0 Å². The maximum atomic E-state index is 5.77. The van der Waals surface area contributed by atoms with E-state index in [9.17, 15) is 0 Å². The molecule has 1 nitrogen and oxygen atoms in total. The van der Waals surface area contributed by atoms with Gasteiger partial charge in [-0.2, -0.15) is 0 Å². The summed E-state index contributed by atoms with van der Waals surface area (Å²) < 4.78 is 5.77. The number of epoxide rings is 1. The van der Waals surface area contributed by atoms with Crippen LogP contribution in [0.25, 0.3) is 0 Å². The van der Waals surface area contributed by atoms with Crippen LogP contribution < -0.4 is 0 Å². The predicted octanol–water partition coefficient (Wildman–Crippen LogP) is 3.94. The van der Waals surface area contributed by atoms with Gasteiger partial charge in [0.05, 0.1) is 12.2 Å². The SMILES string of the molecule is C[C@H]1CCC=C2CCCC([C@@]3(C)CO3)[C@@]21C. The van der Waals surface area contributed by atoms with E-state index in [2.05, 4.69) is 26.8 Å². The Labute approximate surface area is 99.3 Å². The molecule has 2 fully saturated rings. The van der Waals surface area contributed by atoms with Crippen molar-refractivity contribution in [3.05, 3.63) is 11.6 Å². The number of rotatable bonds is 1. The normalized spacial score (nSPS) is 51.8. The molecule has 0 bridgehead atoms. The summed E-state index contributed by atoms with van der Waals surface area (Å²) in [6, 6.07) is 0. The molecule has 1 saturated carbocycles. The van der Waals surface area contributed by atoms with Gasteiger partial charge in [-0.15, -0.1) is 0 Å². The fraction of sp³-hybridized carbons (Fsp3) is 0.867. The summed E-state index contributed by atoms with van der Waals surface area (Å²) in [4.78, 5) is 0. The van der Waals surface area contributed by atoms with Gasteiger partial charge in [-0.25, -0.2) is 0 Å². The average molecular weight is 220 g/mol. The number of hydrogen-bond donors (Lipinski definition) is 0. The van der Waals surface area contributed by atoms with E-state index in [0.717, 1.165) is 18.4 Å².